The largest absolute Gasteiger partial charge is 0.478 e. The SMILES string of the molecule is CC(NCc1ccc(C(=O)O)cc1)c1c(F)cccc1F. The van der Waals surface area contributed by atoms with Crippen LogP contribution in [0.15, 0.2) is 42.5 Å². The van der Waals surface area contributed by atoms with Crippen molar-refractivity contribution in [3.05, 3.63) is 70.8 Å². The molecule has 0 aromatic heterocycles. The molecule has 1 unspecified atom stereocenters. The number of halogens is 2. The Morgan fingerprint density at radius 3 is 2.24 bits per heavy atom. The maximum Gasteiger partial charge on any atom is 0.335 e. The molecule has 0 aliphatic heterocycles. The van der Waals surface area contributed by atoms with Crippen LogP contribution in [0.5, 0.6) is 0 Å². The van der Waals surface area contributed by atoms with Crippen LogP contribution in [0.25, 0.3) is 0 Å². The van der Waals surface area contributed by atoms with Gasteiger partial charge in [0.25, 0.3) is 0 Å². The summed E-state index contributed by atoms with van der Waals surface area (Å²) in [6.45, 7) is 2.06. The number of hydrogen-bond acceptors (Lipinski definition) is 2. The van der Waals surface area contributed by atoms with Gasteiger partial charge in [0, 0.05) is 18.2 Å². The lowest BCUT2D eigenvalue weighted by Crippen LogP contribution is -2.20. The third kappa shape index (κ3) is 3.64. The van der Waals surface area contributed by atoms with Gasteiger partial charge in [-0.05, 0) is 36.8 Å². The van der Waals surface area contributed by atoms with Crippen molar-refractivity contribution >= 4 is 5.97 Å². The van der Waals surface area contributed by atoms with Gasteiger partial charge in [0.1, 0.15) is 11.6 Å². The van der Waals surface area contributed by atoms with Gasteiger partial charge in [0.15, 0.2) is 0 Å². The molecule has 0 bridgehead atoms. The fourth-order valence-electron chi connectivity index (χ4n) is 2.06. The molecular formula is C16H15F2NO2. The van der Waals surface area contributed by atoms with Crippen LogP contribution in [-0.4, -0.2) is 11.1 Å². The van der Waals surface area contributed by atoms with E-state index in [0.29, 0.717) is 6.54 Å². The molecule has 21 heavy (non-hydrogen) atoms. The van der Waals surface area contributed by atoms with Gasteiger partial charge < -0.3 is 10.4 Å². The van der Waals surface area contributed by atoms with Gasteiger partial charge in [-0.2, -0.15) is 0 Å². The summed E-state index contributed by atoms with van der Waals surface area (Å²) in [6.07, 6.45) is 0. The zero-order chi connectivity index (χ0) is 15.4. The Hall–Kier alpha value is -2.27. The first kappa shape index (κ1) is 15.1. The first-order valence-electron chi connectivity index (χ1n) is 6.48. The third-order valence-corrected chi connectivity index (χ3v) is 3.25. The lowest BCUT2D eigenvalue weighted by Gasteiger charge is -2.16. The lowest BCUT2D eigenvalue weighted by molar-refractivity contribution is 0.0697. The lowest BCUT2D eigenvalue weighted by atomic mass is 10.1. The van der Waals surface area contributed by atoms with E-state index in [0.717, 1.165) is 5.56 Å². The van der Waals surface area contributed by atoms with E-state index in [4.69, 9.17) is 5.11 Å². The molecule has 2 aromatic rings. The monoisotopic (exact) mass is 291 g/mol. The maximum absolute atomic E-state index is 13.6. The van der Waals surface area contributed by atoms with Gasteiger partial charge in [-0.25, -0.2) is 13.6 Å². The molecule has 0 fully saturated rings. The predicted molar refractivity (Wildman–Crippen MR) is 75.0 cm³/mol. The summed E-state index contributed by atoms with van der Waals surface area (Å²) in [4.78, 5) is 10.7. The van der Waals surface area contributed by atoms with Gasteiger partial charge in [-0.15, -0.1) is 0 Å². The van der Waals surface area contributed by atoms with Crippen LogP contribution in [0.4, 0.5) is 8.78 Å². The van der Waals surface area contributed by atoms with Gasteiger partial charge in [0.2, 0.25) is 0 Å². The number of hydrogen-bond donors (Lipinski definition) is 2. The summed E-state index contributed by atoms with van der Waals surface area (Å²) >= 11 is 0. The first-order chi connectivity index (χ1) is 9.99. The maximum atomic E-state index is 13.6. The molecule has 0 radical (unpaired) electrons. The summed E-state index contributed by atoms with van der Waals surface area (Å²) < 4.78 is 27.2. The molecule has 0 heterocycles. The van der Waals surface area contributed by atoms with E-state index in [1.807, 2.05) is 0 Å². The molecule has 2 N–H and O–H groups in total. The van der Waals surface area contributed by atoms with E-state index in [1.165, 1.54) is 30.3 Å². The van der Waals surface area contributed by atoms with Crippen molar-refractivity contribution in [2.75, 3.05) is 0 Å². The Bertz CT molecular complexity index is 621. The van der Waals surface area contributed by atoms with E-state index in [1.54, 1.807) is 19.1 Å². The predicted octanol–water partition coefficient (Wildman–Crippen LogP) is 3.51. The highest BCUT2D eigenvalue weighted by Gasteiger charge is 2.15. The second-order valence-electron chi connectivity index (χ2n) is 4.74. The van der Waals surface area contributed by atoms with Crippen molar-refractivity contribution in [3.8, 4) is 0 Å². The van der Waals surface area contributed by atoms with E-state index < -0.39 is 23.6 Å². The fraction of sp³-hybridized carbons (Fsp3) is 0.188. The zero-order valence-corrected chi connectivity index (χ0v) is 11.4. The number of carbonyl (C=O) groups is 1. The van der Waals surface area contributed by atoms with Crippen LogP contribution in [0, 0.1) is 11.6 Å². The molecule has 0 amide bonds. The van der Waals surface area contributed by atoms with Crippen LogP contribution in [0.1, 0.15) is 34.5 Å². The molecular weight excluding hydrogens is 276 g/mol. The molecule has 2 rings (SSSR count). The van der Waals surface area contributed by atoms with E-state index >= 15 is 0 Å². The average Bonchev–Trinajstić information content (AvgIpc) is 2.45. The normalized spacial score (nSPS) is 12.1. The molecule has 110 valence electrons. The number of nitrogens with one attached hydrogen (secondary N) is 1. The van der Waals surface area contributed by atoms with Crippen molar-refractivity contribution in [1.29, 1.82) is 0 Å². The van der Waals surface area contributed by atoms with Crippen molar-refractivity contribution in [2.45, 2.75) is 19.5 Å². The minimum absolute atomic E-state index is 0.000318. The number of rotatable bonds is 5. The fourth-order valence-corrected chi connectivity index (χ4v) is 2.06. The highest BCUT2D eigenvalue weighted by molar-refractivity contribution is 5.87. The molecule has 0 saturated heterocycles. The van der Waals surface area contributed by atoms with Gasteiger partial charge >= 0.3 is 5.97 Å². The summed E-state index contributed by atoms with van der Waals surface area (Å²) in [7, 11) is 0. The molecule has 0 spiro atoms. The molecule has 0 aliphatic rings. The van der Waals surface area contributed by atoms with E-state index in [9.17, 15) is 13.6 Å². The second-order valence-corrected chi connectivity index (χ2v) is 4.74. The second kappa shape index (κ2) is 6.45. The van der Waals surface area contributed by atoms with Gasteiger partial charge in [-0.1, -0.05) is 18.2 Å². The standard InChI is InChI=1S/C16H15F2NO2/c1-10(15-13(17)3-2-4-14(15)18)19-9-11-5-7-12(8-6-11)16(20)21/h2-8,10,19H,9H2,1H3,(H,20,21). The smallest absolute Gasteiger partial charge is 0.335 e. The highest BCUT2D eigenvalue weighted by atomic mass is 19.1. The van der Waals surface area contributed by atoms with Crippen LogP contribution in [0.3, 0.4) is 0 Å². The summed E-state index contributed by atoms with van der Waals surface area (Å²) in [6, 6.07) is 9.59. The first-order valence-corrected chi connectivity index (χ1v) is 6.48. The van der Waals surface area contributed by atoms with Crippen molar-refractivity contribution in [3.63, 3.8) is 0 Å². The Morgan fingerprint density at radius 1 is 1.14 bits per heavy atom. The molecule has 1 atom stereocenters. The number of carboxylic acids is 1. The van der Waals surface area contributed by atoms with Gasteiger partial charge in [0.05, 0.1) is 5.56 Å². The van der Waals surface area contributed by atoms with E-state index in [2.05, 4.69) is 5.32 Å². The third-order valence-electron chi connectivity index (χ3n) is 3.25. The minimum atomic E-state index is -0.990. The molecule has 0 saturated carbocycles. The Balaban J connectivity index is 2.04. The highest BCUT2D eigenvalue weighted by Crippen LogP contribution is 2.20. The van der Waals surface area contributed by atoms with Gasteiger partial charge in [-0.3, -0.25) is 0 Å². The Morgan fingerprint density at radius 2 is 1.71 bits per heavy atom. The Labute approximate surface area is 121 Å². The van der Waals surface area contributed by atoms with Crippen LogP contribution >= 0.6 is 0 Å². The molecule has 0 aliphatic carbocycles. The summed E-state index contributed by atoms with van der Waals surface area (Å²) in [5, 5.41) is 11.8. The van der Waals surface area contributed by atoms with Crippen molar-refractivity contribution in [1.82, 2.24) is 5.32 Å². The van der Waals surface area contributed by atoms with Crippen molar-refractivity contribution < 1.29 is 18.7 Å². The Kier molecular flexibility index (Phi) is 4.65. The average molecular weight is 291 g/mol. The minimum Gasteiger partial charge on any atom is -0.478 e. The number of aromatic carboxylic acids is 1. The number of benzene rings is 2. The van der Waals surface area contributed by atoms with Crippen LogP contribution in [0.2, 0.25) is 0 Å². The molecule has 3 nitrogen and oxygen atoms in total. The van der Waals surface area contributed by atoms with Crippen LogP contribution < -0.4 is 5.32 Å². The topological polar surface area (TPSA) is 49.3 Å². The van der Waals surface area contributed by atoms with Crippen molar-refractivity contribution in [2.24, 2.45) is 0 Å². The summed E-state index contributed by atoms with van der Waals surface area (Å²) in [5.74, 6) is -2.16. The molecule has 2 aromatic carbocycles. The van der Waals surface area contributed by atoms with E-state index in [-0.39, 0.29) is 11.1 Å². The van der Waals surface area contributed by atoms with Crippen LogP contribution in [-0.2, 0) is 6.54 Å². The summed E-state index contributed by atoms with van der Waals surface area (Å²) in [5.41, 5.74) is 1.04. The quantitative estimate of drug-likeness (QED) is 0.886. The number of carboxylic acid groups (broad SMARTS) is 1. The zero-order valence-electron chi connectivity index (χ0n) is 11.4. The molecule has 5 heteroatoms.